The molecule has 0 amide bonds. The van der Waals surface area contributed by atoms with Crippen molar-refractivity contribution >= 4 is 0 Å². The van der Waals surface area contributed by atoms with Crippen molar-refractivity contribution in [1.29, 1.82) is 0 Å². The van der Waals surface area contributed by atoms with Crippen molar-refractivity contribution in [2.24, 2.45) is 40.4 Å². The number of fused-ring (bicyclic) bond motifs is 5. The average Bonchev–Trinajstić information content (AvgIpc) is 2.85. The molecular formula is C21H34O2. The smallest absolute Gasteiger partial charge is 0.0724 e. The van der Waals surface area contributed by atoms with Gasteiger partial charge in [-0.15, -0.1) is 0 Å². The second-order valence-corrected chi connectivity index (χ2v) is 9.65. The second kappa shape index (κ2) is 5.33. The van der Waals surface area contributed by atoms with Crippen molar-refractivity contribution in [3.63, 3.8) is 0 Å². The number of aliphatic hydroxyl groups excluding tert-OH is 2. The fraction of sp³-hybridized carbons (Fsp3) is 0.905. The monoisotopic (exact) mass is 318 g/mol. The molecule has 4 aliphatic carbocycles. The SMILES string of the molecule is CC(O)[C@H]1CC[C@H]2[C@@H]3CCC4CC(O)C=C[C@]4(C)[C@H]3CC[C@]12C. The van der Waals surface area contributed by atoms with Crippen LogP contribution in [0.15, 0.2) is 12.2 Å². The maximum Gasteiger partial charge on any atom is 0.0724 e. The third-order valence-electron chi connectivity index (χ3n) is 8.82. The van der Waals surface area contributed by atoms with Crippen molar-refractivity contribution in [3.05, 3.63) is 12.2 Å². The van der Waals surface area contributed by atoms with Gasteiger partial charge in [0.25, 0.3) is 0 Å². The van der Waals surface area contributed by atoms with Crippen LogP contribution in [0.2, 0.25) is 0 Å². The largest absolute Gasteiger partial charge is 0.393 e. The van der Waals surface area contributed by atoms with Gasteiger partial charge < -0.3 is 10.2 Å². The predicted molar refractivity (Wildman–Crippen MR) is 92.8 cm³/mol. The molecule has 2 heteroatoms. The molecule has 4 rings (SSSR count). The van der Waals surface area contributed by atoms with E-state index in [2.05, 4.69) is 26.0 Å². The Balaban J connectivity index is 1.64. The highest BCUT2D eigenvalue weighted by Crippen LogP contribution is 2.66. The third-order valence-corrected chi connectivity index (χ3v) is 8.82. The van der Waals surface area contributed by atoms with E-state index < -0.39 is 0 Å². The standard InChI is InChI=1S/C21H34O2/c1-13(22)17-6-7-18-16-5-4-14-12-15(23)8-10-20(14,2)19(16)9-11-21(17,18)3/h8,10,13-19,22-23H,4-7,9,11-12H2,1-3H3/t13?,14?,15?,16-,17+,18-,19-,20-,21+/m0/s1. The van der Waals surface area contributed by atoms with E-state index in [-0.39, 0.29) is 12.2 Å². The highest BCUT2D eigenvalue weighted by Gasteiger charge is 2.59. The minimum absolute atomic E-state index is 0.154. The minimum Gasteiger partial charge on any atom is -0.393 e. The molecule has 0 aromatic heterocycles. The van der Waals surface area contributed by atoms with Gasteiger partial charge in [-0.1, -0.05) is 26.0 Å². The summed E-state index contributed by atoms with van der Waals surface area (Å²) in [6.07, 6.45) is 12.8. The lowest BCUT2D eigenvalue weighted by Crippen LogP contribution is -2.53. The van der Waals surface area contributed by atoms with Crippen molar-refractivity contribution in [2.75, 3.05) is 0 Å². The van der Waals surface area contributed by atoms with Crippen LogP contribution in [0.1, 0.15) is 65.7 Å². The molecule has 0 aromatic carbocycles. The normalized spacial score (nSPS) is 56.6. The number of hydrogen-bond donors (Lipinski definition) is 2. The first-order valence-electron chi connectivity index (χ1n) is 9.92. The van der Waals surface area contributed by atoms with E-state index in [0.29, 0.717) is 22.7 Å². The van der Waals surface area contributed by atoms with E-state index in [4.69, 9.17) is 0 Å². The molecule has 3 unspecified atom stereocenters. The summed E-state index contributed by atoms with van der Waals surface area (Å²) in [5.74, 6) is 3.60. The first kappa shape index (κ1) is 16.1. The highest BCUT2D eigenvalue weighted by atomic mass is 16.3. The number of hydrogen-bond acceptors (Lipinski definition) is 2. The van der Waals surface area contributed by atoms with E-state index in [1.807, 2.05) is 6.92 Å². The number of rotatable bonds is 1. The Morgan fingerprint density at radius 3 is 2.57 bits per heavy atom. The zero-order valence-electron chi connectivity index (χ0n) is 15.0. The van der Waals surface area contributed by atoms with E-state index in [1.54, 1.807) is 0 Å². The van der Waals surface area contributed by atoms with Crippen LogP contribution < -0.4 is 0 Å². The van der Waals surface area contributed by atoms with Crippen LogP contribution >= 0.6 is 0 Å². The van der Waals surface area contributed by atoms with Gasteiger partial charge >= 0.3 is 0 Å². The fourth-order valence-electron chi connectivity index (χ4n) is 7.62. The summed E-state index contributed by atoms with van der Waals surface area (Å²) in [4.78, 5) is 0. The van der Waals surface area contributed by atoms with Crippen molar-refractivity contribution in [2.45, 2.75) is 77.9 Å². The lowest BCUT2D eigenvalue weighted by Gasteiger charge is -2.59. The van der Waals surface area contributed by atoms with Crippen LogP contribution in [0.25, 0.3) is 0 Å². The summed E-state index contributed by atoms with van der Waals surface area (Å²) in [7, 11) is 0. The molecule has 3 saturated carbocycles. The van der Waals surface area contributed by atoms with Crippen molar-refractivity contribution < 1.29 is 10.2 Å². The van der Waals surface area contributed by atoms with Gasteiger partial charge in [-0.3, -0.25) is 0 Å². The molecule has 130 valence electrons. The molecule has 3 fully saturated rings. The Labute approximate surface area is 141 Å². The van der Waals surface area contributed by atoms with E-state index >= 15 is 0 Å². The van der Waals surface area contributed by atoms with Crippen LogP contribution in [0.4, 0.5) is 0 Å². The summed E-state index contributed by atoms with van der Waals surface area (Å²) < 4.78 is 0. The highest BCUT2D eigenvalue weighted by molar-refractivity contribution is 5.17. The van der Waals surface area contributed by atoms with E-state index in [1.165, 1.54) is 38.5 Å². The zero-order chi connectivity index (χ0) is 16.4. The topological polar surface area (TPSA) is 40.5 Å². The van der Waals surface area contributed by atoms with Crippen LogP contribution in [0.5, 0.6) is 0 Å². The first-order chi connectivity index (χ1) is 10.9. The first-order valence-corrected chi connectivity index (χ1v) is 9.92. The van der Waals surface area contributed by atoms with Gasteiger partial charge in [0.1, 0.15) is 0 Å². The lowest BCUT2D eigenvalue weighted by atomic mass is 9.45. The molecule has 0 heterocycles. The van der Waals surface area contributed by atoms with Gasteiger partial charge in [-0.05, 0) is 92.3 Å². The number of allylic oxidation sites excluding steroid dienone is 1. The molecule has 0 spiro atoms. The van der Waals surface area contributed by atoms with Crippen molar-refractivity contribution in [1.82, 2.24) is 0 Å². The molecule has 0 radical (unpaired) electrons. The van der Waals surface area contributed by atoms with Crippen LogP contribution in [0.3, 0.4) is 0 Å². The Bertz CT molecular complexity index is 498. The minimum atomic E-state index is -0.218. The maximum absolute atomic E-state index is 10.3. The Kier molecular flexibility index (Phi) is 3.74. The molecule has 0 aliphatic heterocycles. The molecule has 0 bridgehead atoms. The van der Waals surface area contributed by atoms with Gasteiger partial charge in [0.2, 0.25) is 0 Å². The van der Waals surface area contributed by atoms with Gasteiger partial charge in [0.15, 0.2) is 0 Å². The fourth-order valence-corrected chi connectivity index (χ4v) is 7.62. The lowest BCUT2D eigenvalue weighted by molar-refractivity contribution is -0.0967. The Morgan fingerprint density at radius 1 is 1.04 bits per heavy atom. The van der Waals surface area contributed by atoms with Crippen LogP contribution in [-0.2, 0) is 0 Å². The molecule has 4 aliphatic rings. The van der Waals surface area contributed by atoms with Crippen LogP contribution in [0, 0.1) is 40.4 Å². The Hall–Kier alpha value is -0.340. The predicted octanol–water partition coefficient (Wildman–Crippen LogP) is 4.16. The van der Waals surface area contributed by atoms with Crippen molar-refractivity contribution in [3.8, 4) is 0 Å². The summed E-state index contributed by atoms with van der Waals surface area (Å²) in [5, 5.41) is 20.3. The van der Waals surface area contributed by atoms with Gasteiger partial charge in [0, 0.05) is 0 Å². The molecule has 2 nitrogen and oxygen atoms in total. The second-order valence-electron chi connectivity index (χ2n) is 9.65. The van der Waals surface area contributed by atoms with Gasteiger partial charge in [-0.2, -0.15) is 0 Å². The molecule has 0 saturated heterocycles. The molecule has 9 atom stereocenters. The zero-order valence-corrected chi connectivity index (χ0v) is 15.0. The molecular weight excluding hydrogens is 284 g/mol. The average molecular weight is 319 g/mol. The molecule has 2 N–H and O–H groups in total. The summed E-state index contributed by atoms with van der Waals surface area (Å²) in [5.41, 5.74) is 0.656. The molecule has 0 aromatic rings. The quantitative estimate of drug-likeness (QED) is 0.713. The van der Waals surface area contributed by atoms with Crippen LogP contribution in [-0.4, -0.2) is 22.4 Å². The Morgan fingerprint density at radius 2 is 1.83 bits per heavy atom. The summed E-state index contributed by atoms with van der Waals surface area (Å²) in [6.45, 7) is 6.96. The van der Waals surface area contributed by atoms with E-state index in [0.717, 1.165) is 24.2 Å². The maximum atomic E-state index is 10.3. The number of aliphatic hydroxyl groups is 2. The summed E-state index contributed by atoms with van der Waals surface area (Å²) >= 11 is 0. The van der Waals surface area contributed by atoms with Gasteiger partial charge in [0.05, 0.1) is 12.2 Å². The third kappa shape index (κ3) is 2.20. The van der Waals surface area contributed by atoms with E-state index in [9.17, 15) is 10.2 Å². The van der Waals surface area contributed by atoms with Gasteiger partial charge in [-0.25, -0.2) is 0 Å². The molecule has 23 heavy (non-hydrogen) atoms. The summed E-state index contributed by atoms with van der Waals surface area (Å²) in [6, 6.07) is 0.